The van der Waals surface area contributed by atoms with Gasteiger partial charge >= 0.3 is 0 Å². The Bertz CT molecular complexity index is 324. The molecule has 0 spiro atoms. The number of hydrogen-bond donors (Lipinski definition) is 0. The molecule has 0 saturated carbocycles. The summed E-state index contributed by atoms with van der Waals surface area (Å²) in [7, 11) is 0. The van der Waals surface area contributed by atoms with Crippen molar-refractivity contribution in [3.05, 3.63) is 34.9 Å². The fraction of sp³-hybridized carbons (Fsp3) is 0.500. The lowest BCUT2D eigenvalue weighted by Crippen LogP contribution is -2.08. The minimum Gasteiger partial charge on any atom is -0.365 e. The van der Waals surface area contributed by atoms with Crippen molar-refractivity contribution in [1.82, 2.24) is 0 Å². The molecule has 1 aliphatic rings. The topological polar surface area (TPSA) is 12.5 Å². The van der Waals surface area contributed by atoms with Crippen LogP contribution in [0.4, 0.5) is 0 Å². The summed E-state index contributed by atoms with van der Waals surface area (Å²) in [6.07, 6.45) is 1.08. The number of hydrogen-bond acceptors (Lipinski definition) is 1. The summed E-state index contributed by atoms with van der Waals surface area (Å²) in [5.74, 6) is 0. The van der Waals surface area contributed by atoms with E-state index in [-0.39, 0.29) is 5.60 Å². The molecular formula is C12H16O. The molecule has 1 saturated heterocycles. The van der Waals surface area contributed by atoms with E-state index >= 15 is 0 Å². The maximum Gasteiger partial charge on any atom is 0.117 e. The normalized spacial score (nSPS) is 26.1. The second-order valence-electron chi connectivity index (χ2n) is 3.95. The van der Waals surface area contributed by atoms with Gasteiger partial charge in [0.1, 0.15) is 5.60 Å². The van der Waals surface area contributed by atoms with Crippen LogP contribution in [0.5, 0.6) is 0 Å². The van der Waals surface area contributed by atoms with E-state index in [0.29, 0.717) is 0 Å². The van der Waals surface area contributed by atoms with Gasteiger partial charge in [0.25, 0.3) is 0 Å². The SMILES string of the molecule is CCC1(c2ccc(C)cc2C)CO1. The highest BCUT2D eigenvalue weighted by Gasteiger charge is 2.45. The van der Waals surface area contributed by atoms with Crippen LogP contribution in [0.2, 0.25) is 0 Å². The fourth-order valence-electron chi connectivity index (χ4n) is 1.96. The van der Waals surface area contributed by atoms with Gasteiger partial charge in [-0.1, -0.05) is 30.7 Å². The van der Waals surface area contributed by atoms with Gasteiger partial charge in [0, 0.05) is 0 Å². The smallest absolute Gasteiger partial charge is 0.117 e. The highest BCUT2D eigenvalue weighted by molar-refractivity contribution is 5.37. The summed E-state index contributed by atoms with van der Waals surface area (Å²) in [5.41, 5.74) is 4.13. The zero-order chi connectivity index (χ0) is 9.47. The van der Waals surface area contributed by atoms with Gasteiger partial charge in [0.2, 0.25) is 0 Å². The quantitative estimate of drug-likeness (QED) is 0.631. The van der Waals surface area contributed by atoms with Crippen LogP contribution in [0.1, 0.15) is 30.0 Å². The van der Waals surface area contributed by atoms with Crippen LogP contribution in [0.3, 0.4) is 0 Å². The van der Waals surface area contributed by atoms with Crippen LogP contribution in [-0.2, 0) is 10.3 Å². The van der Waals surface area contributed by atoms with E-state index < -0.39 is 0 Å². The Labute approximate surface area is 79.7 Å². The van der Waals surface area contributed by atoms with Crippen molar-refractivity contribution in [2.75, 3.05) is 6.61 Å². The van der Waals surface area contributed by atoms with E-state index in [9.17, 15) is 0 Å². The Hall–Kier alpha value is -0.820. The van der Waals surface area contributed by atoms with E-state index in [0.717, 1.165) is 13.0 Å². The maximum absolute atomic E-state index is 5.55. The average molecular weight is 176 g/mol. The molecule has 0 N–H and O–H groups in total. The van der Waals surface area contributed by atoms with E-state index in [2.05, 4.69) is 39.0 Å². The van der Waals surface area contributed by atoms with Crippen LogP contribution in [0, 0.1) is 13.8 Å². The second-order valence-corrected chi connectivity index (χ2v) is 3.95. The highest BCUT2D eigenvalue weighted by atomic mass is 16.6. The Morgan fingerprint density at radius 2 is 2.08 bits per heavy atom. The summed E-state index contributed by atoms with van der Waals surface area (Å²) in [6, 6.07) is 6.61. The van der Waals surface area contributed by atoms with Gasteiger partial charge in [-0.15, -0.1) is 0 Å². The maximum atomic E-state index is 5.55. The Morgan fingerprint density at radius 3 is 2.54 bits per heavy atom. The Balaban J connectivity index is 2.41. The molecule has 2 rings (SSSR count). The molecule has 0 aliphatic carbocycles. The van der Waals surface area contributed by atoms with Crippen molar-refractivity contribution < 1.29 is 4.74 Å². The van der Waals surface area contributed by atoms with Crippen molar-refractivity contribution in [1.29, 1.82) is 0 Å². The fourth-order valence-corrected chi connectivity index (χ4v) is 1.96. The van der Waals surface area contributed by atoms with E-state index in [1.54, 1.807) is 0 Å². The minimum atomic E-state index is 0.0672. The lowest BCUT2D eigenvalue weighted by molar-refractivity contribution is 0.300. The number of ether oxygens (including phenoxy) is 1. The zero-order valence-electron chi connectivity index (χ0n) is 8.55. The Kier molecular flexibility index (Phi) is 1.92. The molecule has 1 aromatic rings. The van der Waals surface area contributed by atoms with Crippen molar-refractivity contribution in [3.8, 4) is 0 Å². The van der Waals surface area contributed by atoms with Crippen molar-refractivity contribution in [2.45, 2.75) is 32.8 Å². The molecule has 0 aromatic heterocycles. The summed E-state index contributed by atoms with van der Waals surface area (Å²) in [4.78, 5) is 0. The lowest BCUT2D eigenvalue weighted by atomic mass is 9.92. The first kappa shape index (κ1) is 8.76. The van der Waals surface area contributed by atoms with Crippen LogP contribution < -0.4 is 0 Å². The van der Waals surface area contributed by atoms with Gasteiger partial charge in [0.15, 0.2) is 0 Å². The third kappa shape index (κ3) is 1.37. The third-order valence-corrected chi connectivity index (χ3v) is 2.94. The lowest BCUT2D eigenvalue weighted by Gasteiger charge is -2.13. The Morgan fingerprint density at radius 1 is 1.38 bits per heavy atom. The van der Waals surface area contributed by atoms with Crippen molar-refractivity contribution in [2.24, 2.45) is 0 Å². The van der Waals surface area contributed by atoms with Gasteiger partial charge < -0.3 is 4.74 Å². The van der Waals surface area contributed by atoms with Gasteiger partial charge in [-0.05, 0) is 31.4 Å². The zero-order valence-corrected chi connectivity index (χ0v) is 8.55. The van der Waals surface area contributed by atoms with Gasteiger partial charge in [-0.2, -0.15) is 0 Å². The van der Waals surface area contributed by atoms with Gasteiger partial charge in [-0.3, -0.25) is 0 Å². The molecule has 70 valence electrons. The molecule has 1 fully saturated rings. The number of epoxide rings is 1. The number of benzene rings is 1. The van der Waals surface area contributed by atoms with E-state index in [4.69, 9.17) is 4.74 Å². The molecule has 0 bridgehead atoms. The van der Waals surface area contributed by atoms with Crippen LogP contribution in [0.15, 0.2) is 18.2 Å². The molecular weight excluding hydrogens is 160 g/mol. The van der Waals surface area contributed by atoms with Crippen LogP contribution in [0.25, 0.3) is 0 Å². The predicted octanol–water partition coefficient (Wildman–Crippen LogP) is 2.94. The molecule has 1 aliphatic heterocycles. The molecule has 13 heavy (non-hydrogen) atoms. The molecule has 1 aromatic carbocycles. The largest absolute Gasteiger partial charge is 0.365 e. The summed E-state index contributed by atoms with van der Waals surface area (Å²) < 4.78 is 5.55. The molecule has 1 heterocycles. The molecule has 0 radical (unpaired) electrons. The van der Waals surface area contributed by atoms with Crippen molar-refractivity contribution >= 4 is 0 Å². The highest BCUT2D eigenvalue weighted by Crippen LogP contribution is 2.43. The van der Waals surface area contributed by atoms with Crippen molar-refractivity contribution in [3.63, 3.8) is 0 Å². The first-order valence-corrected chi connectivity index (χ1v) is 4.90. The first-order valence-electron chi connectivity index (χ1n) is 4.90. The molecule has 1 unspecified atom stereocenters. The van der Waals surface area contributed by atoms with Crippen LogP contribution >= 0.6 is 0 Å². The molecule has 0 amide bonds. The summed E-state index contributed by atoms with van der Waals surface area (Å²) in [5, 5.41) is 0. The van der Waals surface area contributed by atoms with Gasteiger partial charge in [-0.25, -0.2) is 0 Å². The van der Waals surface area contributed by atoms with E-state index in [1.807, 2.05) is 0 Å². The first-order chi connectivity index (χ1) is 6.18. The summed E-state index contributed by atoms with van der Waals surface area (Å²) in [6.45, 7) is 7.38. The predicted molar refractivity (Wildman–Crippen MR) is 53.8 cm³/mol. The molecule has 1 atom stereocenters. The summed E-state index contributed by atoms with van der Waals surface area (Å²) >= 11 is 0. The van der Waals surface area contributed by atoms with Gasteiger partial charge in [0.05, 0.1) is 6.61 Å². The second kappa shape index (κ2) is 2.85. The molecule has 1 heteroatoms. The number of aryl methyl sites for hydroxylation is 2. The minimum absolute atomic E-state index is 0.0672. The molecule has 1 nitrogen and oxygen atoms in total. The monoisotopic (exact) mass is 176 g/mol. The third-order valence-electron chi connectivity index (χ3n) is 2.94. The van der Waals surface area contributed by atoms with Crippen LogP contribution in [-0.4, -0.2) is 6.61 Å². The number of rotatable bonds is 2. The standard InChI is InChI=1S/C12H16O/c1-4-12(8-13-12)11-6-5-9(2)7-10(11)3/h5-7H,4,8H2,1-3H3. The van der Waals surface area contributed by atoms with E-state index in [1.165, 1.54) is 16.7 Å². The average Bonchev–Trinajstić information content (AvgIpc) is 2.85.